The first-order chi connectivity index (χ1) is 13.6. The lowest BCUT2D eigenvalue weighted by molar-refractivity contribution is -0.140. The molecule has 1 aromatic heterocycles. The number of carbonyl (C=O) groups excluding carboxylic acids is 1. The highest BCUT2D eigenvalue weighted by Gasteiger charge is 2.33. The van der Waals surface area contributed by atoms with Crippen LogP contribution in [-0.2, 0) is 11.3 Å². The van der Waals surface area contributed by atoms with E-state index in [-0.39, 0.29) is 17.5 Å². The van der Waals surface area contributed by atoms with E-state index in [0.717, 1.165) is 56.8 Å². The van der Waals surface area contributed by atoms with Crippen molar-refractivity contribution >= 4 is 16.8 Å². The molecule has 2 heterocycles. The maximum atomic E-state index is 13.0. The van der Waals surface area contributed by atoms with Gasteiger partial charge in [0.25, 0.3) is 5.56 Å². The first-order valence-electron chi connectivity index (χ1n) is 10.7. The Labute approximate surface area is 166 Å². The molecule has 2 aromatic rings. The van der Waals surface area contributed by atoms with Crippen LogP contribution in [-0.4, -0.2) is 51.4 Å². The number of benzene rings is 1. The van der Waals surface area contributed by atoms with Gasteiger partial charge in [-0.05, 0) is 38.3 Å². The molecule has 2 aliphatic rings. The van der Waals surface area contributed by atoms with Crippen LogP contribution in [0.25, 0.3) is 10.9 Å². The number of hydrogen-bond donors (Lipinski definition) is 0. The molecule has 1 aromatic carbocycles. The molecule has 1 aliphatic heterocycles. The van der Waals surface area contributed by atoms with Gasteiger partial charge in [0, 0.05) is 38.6 Å². The standard InChI is InChI=1S/C22H30N4O2/c1-3-19(24-12-14-25(15-13-24)21(27)16-8-7-9-16)20-23-18-11-6-5-10-17(18)22(28)26(20)4-2/h5-6,10-11,16,19H,3-4,7-9,12-15H2,1-2H3. The molecule has 1 aliphatic carbocycles. The van der Waals surface area contributed by atoms with Gasteiger partial charge in [-0.3, -0.25) is 19.1 Å². The molecule has 1 saturated carbocycles. The lowest BCUT2D eigenvalue weighted by Crippen LogP contribution is -2.52. The number of rotatable bonds is 5. The molecule has 1 atom stereocenters. The van der Waals surface area contributed by atoms with Crippen LogP contribution >= 0.6 is 0 Å². The van der Waals surface area contributed by atoms with Gasteiger partial charge >= 0.3 is 0 Å². The van der Waals surface area contributed by atoms with Crippen LogP contribution in [0.15, 0.2) is 29.1 Å². The molecule has 28 heavy (non-hydrogen) atoms. The summed E-state index contributed by atoms with van der Waals surface area (Å²) in [4.78, 5) is 34.9. The Morgan fingerprint density at radius 1 is 1.14 bits per heavy atom. The van der Waals surface area contributed by atoms with Crippen molar-refractivity contribution in [2.45, 2.75) is 52.1 Å². The summed E-state index contributed by atoms with van der Waals surface area (Å²) in [6, 6.07) is 7.69. The number of fused-ring (bicyclic) bond motifs is 1. The summed E-state index contributed by atoms with van der Waals surface area (Å²) in [5, 5.41) is 0.680. The highest BCUT2D eigenvalue weighted by Crippen LogP contribution is 2.30. The largest absolute Gasteiger partial charge is 0.340 e. The van der Waals surface area contributed by atoms with Crippen molar-refractivity contribution in [1.29, 1.82) is 0 Å². The van der Waals surface area contributed by atoms with Gasteiger partial charge in [-0.1, -0.05) is 25.5 Å². The average molecular weight is 383 g/mol. The maximum absolute atomic E-state index is 13.0. The van der Waals surface area contributed by atoms with Crippen LogP contribution in [0.2, 0.25) is 0 Å². The molecule has 6 heteroatoms. The molecular weight excluding hydrogens is 352 g/mol. The number of para-hydroxylation sites is 1. The number of aromatic nitrogens is 2. The van der Waals surface area contributed by atoms with Gasteiger partial charge in [0.2, 0.25) is 5.91 Å². The van der Waals surface area contributed by atoms with E-state index in [1.165, 1.54) is 6.42 Å². The topological polar surface area (TPSA) is 58.4 Å². The monoisotopic (exact) mass is 382 g/mol. The Morgan fingerprint density at radius 3 is 2.46 bits per heavy atom. The molecule has 1 amide bonds. The minimum Gasteiger partial charge on any atom is -0.340 e. The van der Waals surface area contributed by atoms with E-state index in [2.05, 4.69) is 11.8 Å². The number of carbonyl (C=O) groups is 1. The van der Waals surface area contributed by atoms with Crippen LogP contribution in [0.3, 0.4) is 0 Å². The van der Waals surface area contributed by atoms with Gasteiger partial charge in [0.1, 0.15) is 5.82 Å². The zero-order valence-electron chi connectivity index (χ0n) is 16.9. The number of amides is 1. The van der Waals surface area contributed by atoms with E-state index in [4.69, 9.17) is 4.98 Å². The summed E-state index contributed by atoms with van der Waals surface area (Å²) >= 11 is 0. The second-order valence-corrected chi connectivity index (χ2v) is 7.95. The zero-order chi connectivity index (χ0) is 19.7. The van der Waals surface area contributed by atoms with Crippen molar-refractivity contribution < 1.29 is 4.79 Å². The fourth-order valence-electron chi connectivity index (χ4n) is 4.52. The van der Waals surface area contributed by atoms with E-state index in [1.54, 1.807) is 0 Å². The van der Waals surface area contributed by atoms with Gasteiger partial charge in [-0.2, -0.15) is 0 Å². The summed E-state index contributed by atoms with van der Waals surface area (Å²) in [5.74, 6) is 1.46. The third kappa shape index (κ3) is 3.34. The fourth-order valence-corrected chi connectivity index (χ4v) is 4.52. The second kappa shape index (κ2) is 8.03. The highest BCUT2D eigenvalue weighted by molar-refractivity contribution is 5.79. The van der Waals surface area contributed by atoms with Crippen LogP contribution in [0.5, 0.6) is 0 Å². The first kappa shape index (κ1) is 19.1. The van der Waals surface area contributed by atoms with Gasteiger partial charge in [0.15, 0.2) is 0 Å². The SMILES string of the molecule is CCC(c1nc2ccccc2c(=O)n1CC)N1CCN(C(=O)C2CCC2)CC1. The Balaban J connectivity index is 1.58. The van der Waals surface area contributed by atoms with Crippen molar-refractivity contribution in [2.24, 2.45) is 5.92 Å². The van der Waals surface area contributed by atoms with E-state index in [9.17, 15) is 9.59 Å². The Morgan fingerprint density at radius 2 is 1.86 bits per heavy atom. The van der Waals surface area contributed by atoms with Crippen LogP contribution in [0.4, 0.5) is 0 Å². The molecular formula is C22H30N4O2. The van der Waals surface area contributed by atoms with Crippen LogP contribution in [0.1, 0.15) is 51.4 Å². The van der Waals surface area contributed by atoms with Gasteiger partial charge in [0.05, 0.1) is 16.9 Å². The Kier molecular flexibility index (Phi) is 5.49. The lowest BCUT2D eigenvalue weighted by atomic mass is 9.84. The average Bonchev–Trinajstić information content (AvgIpc) is 2.68. The quantitative estimate of drug-likeness (QED) is 0.798. The molecule has 4 rings (SSSR count). The third-order valence-electron chi connectivity index (χ3n) is 6.41. The van der Waals surface area contributed by atoms with Crippen molar-refractivity contribution in [3.8, 4) is 0 Å². The summed E-state index contributed by atoms with van der Waals surface area (Å²) in [6.07, 6.45) is 4.19. The first-order valence-corrected chi connectivity index (χ1v) is 10.7. The molecule has 6 nitrogen and oxygen atoms in total. The molecule has 0 bridgehead atoms. The van der Waals surface area contributed by atoms with Gasteiger partial charge in [-0.15, -0.1) is 0 Å². The van der Waals surface area contributed by atoms with Crippen molar-refractivity contribution in [3.05, 3.63) is 40.4 Å². The molecule has 1 saturated heterocycles. The summed E-state index contributed by atoms with van der Waals surface area (Å²) in [5.41, 5.74) is 0.810. The van der Waals surface area contributed by atoms with Crippen molar-refractivity contribution in [3.63, 3.8) is 0 Å². The van der Waals surface area contributed by atoms with E-state index in [0.29, 0.717) is 17.8 Å². The minimum absolute atomic E-state index is 0.0420. The maximum Gasteiger partial charge on any atom is 0.261 e. The summed E-state index contributed by atoms with van der Waals surface area (Å²) in [6.45, 7) is 7.99. The Bertz CT molecular complexity index is 910. The normalized spacial score (nSPS) is 19.6. The Hall–Kier alpha value is -2.21. The molecule has 0 N–H and O–H groups in total. The van der Waals surface area contributed by atoms with Gasteiger partial charge < -0.3 is 4.90 Å². The summed E-state index contributed by atoms with van der Waals surface area (Å²) in [7, 11) is 0. The molecule has 150 valence electrons. The number of piperazine rings is 1. The molecule has 0 radical (unpaired) electrons. The smallest absolute Gasteiger partial charge is 0.261 e. The van der Waals surface area contributed by atoms with E-state index < -0.39 is 0 Å². The number of hydrogen-bond acceptors (Lipinski definition) is 4. The molecule has 1 unspecified atom stereocenters. The predicted molar refractivity (Wildman–Crippen MR) is 110 cm³/mol. The number of nitrogens with zero attached hydrogens (tertiary/aromatic N) is 4. The van der Waals surface area contributed by atoms with Gasteiger partial charge in [-0.25, -0.2) is 4.98 Å². The van der Waals surface area contributed by atoms with E-state index >= 15 is 0 Å². The summed E-state index contributed by atoms with van der Waals surface area (Å²) < 4.78 is 1.82. The molecule has 0 spiro atoms. The third-order valence-corrected chi connectivity index (χ3v) is 6.41. The van der Waals surface area contributed by atoms with Crippen molar-refractivity contribution in [1.82, 2.24) is 19.4 Å². The second-order valence-electron chi connectivity index (χ2n) is 7.95. The fraction of sp³-hybridized carbons (Fsp3) is 0.591. The van der Waals surface area contributed by atoms with E-state index in [1.807, 2.05) is 40.7 Å². The lowest BCUT2D eigenvalue weighted by Gasteiger charge is -2.41. The van der Waals surface area contributed by atoms with Crippen LogP contribution in [0, 0.1) is 5.92 Å². The zero-order valence-corrected chi connectivity index (χ0v) is 16.9. The highest BCUT2D eigenvalue weighted by atomic mass is 16.2. The van der Waals surface area contributed by atoms with Crippen LogP contribution < -0.4 is 5.56 Å². The molecule has 2 fully saturated rings. The predicted octanol–water partition coefficient (Wildman–Crippen LogP) is 2.81. The minimum atomic E-state index is 0.0420. The van der Waals surface area contributed by atoms with Crippen molar-refractivity contribution in [2.75, 3.05) is 26.2 Å².